The zero-order valence-corrected chi connectivity index (χ0v) is 13.2. The Bertz CT molecular complexity index is 610. The fourth-order valence-corrected chi connectivity index (χ4v) is 3.03. The van der Waals surface area contributed by atoms with Gasteiger partial charge in [-0.3, -0.25) is 0 Å². The highest BCUT2D eigenvalue weighted by atomic mass is 16.3. The van der Waals surface area contributed by atoms with Crippen molar-refractivity contribution in [3.05, 3.63) is 47.8 Å². The second kappa shape index (κ2) is 6.60. The number of hydrogen-bond acceptors (Lipinski definition) is 4. The molecular formula is C17H24N4O. The number of aryl methyl sites for hydroxylation is 1. The van der Waals surface area contributed by atoms with Crippen LogP contribution in [0.15, 0.2) is 36.5 Å². The minimum Gasteiger partial charge on any atom is -0.392 e. The van der Waals surface area contributed by atoms with Gasteiger partial charge in [0.05, 0.1) is 17.5 Å². The van der Waals surface area contributed by atoms with Gasteiger partial charge in [0.1, 0.15) is 0 Å². The van der Waals surface area contributed by atoms with Crippen LogP contribution in [0.3, 0.4) is 0 Å². The first-order chi connectivity index (χ1) is 10.6. The van der Waals surface area contributed by atoms with E-state index < -0.39 is 0 Å². The number of hydrogen-bond donors (Lipinski definition) is 2. The van der Waals surface area contributed by atoms with E-state index in [0.717, 1.165) is 30.9 Å². The molecule has 1 aromatic heterocycles. The zero-order chi connectivity index (χ0) is 15.5. The number of aliphatic hydroxyl groups excluding tert-OH is 1. The number of nitrogens with one attached hydrogen (secondary N) is 1. The largest absolute Gasteiger partial charge is 0.392 e. The standard InChI is InChI=1S/C17H24N4O/c1-13-14(10-20(2)12-15-8-17(22)9-18-15)11-21(19-13)16-6-4-3-5-7-16/h3-7,11,15,17-18,22H,8-10,12H2,1-2H3/t15-,17+/m0/s1. The van der Waals surface area contributed by atoms with Gasteiger partial charge in [-0.05, 0) is 32.5 Å². The Morgan fingerprint density at radius 2 is 2.14 bits per heavy atom. The van der Waals surface area contributed by atoms with E-state index in [1.54, 1.807) is 0 Å². The molecule has 5 nitrogen and oxygen atoms in total. The molecular weight excluding hydrogens is 276 g/mol. The average molecular weight is 300 g/mol. The molecule has 0 amide bonds. The summed E-state index contributed by atoms with van der Waals surface area (Å²) in [6, 6.07) is 10.6. The van der Waals surface area contributed by atoms with E-state index in [-0.39, 0.29) is 6.10 Å². The van der Waals surface area contributed by atoms with Gasteiger partial charge in [-0.2, -0.15) is 5.10 Å². The van der Waals surface area contributed by atoms with E-state index >= 15 is 0 Å². The van der Waals surface area contributed by atoms with E-state index in [1.807, 2.05) is 22.9 Å². The summed E-state index contributed by atoms with van der Waals surface area (Å²) >= 11 is 0. The van der Waals surface area contributed by atoms with Crippen molar-refractivity contribution >= 4 is 0 Å². The van der Waals surface area contributed by atoms with Crippen LogP contribution in [-0.4, -0.2) is 52.1 Å². The Morgan fingerprint density at radius 3 is 2.82 bits per heavy atom. The maximum Gasteiger partial charge on any atom is 0.0680 e. The van der Waals surface area contributed by atoms with Crippen molar-refractivity contribution in [1.29, 1.82) is 0 Å². The predicted octanol–water partition coefficient (Wildman–Crippen LogP) is 1.34. The average Bonchev–Trinajstić information content (AvgIpc) is 3.07. The Kier molecular flexibility index (Phi) is 4.57. The maximum atomic E-state index is 9.58. The van der Waals surface area contributed by atoms with Gasteiger partial charge in [0.15, 0.2) is 0 Å². The summed E-state index contributed by atoms with van der Waals surface area (Å²) in [5.41, 5.74) is 3.39. The Morgan fingerprint density at radius 1 is 1.36 bits per heavy atom. The molecule has 1 saturated heterocycles. The Balaban J connectivity index is 1.64. The highest BCUT2D eigenvalue weighted by Gasteiger charge is 2.23. The Hall–Kier alpha value is -1.69. The van der Waals surface area contributed by atoms with Crippen LogP contribution >= 0.6 is 0 Å². The van der Waals surface area contributed by atoms with Gasteiger partial charge in [-0.25, -0.2) is 4.68 Å². The number of nitrogens with zero attached hydrogens (tertiary/aromatic N) is 3. The smallest absolute Gasteiger partial charge is 0.0680 e. The highest BCUT2D eigenvalue weighted by molar-refractivity contribution is 5.32. The van der Waals surface area contributed by atoms with Crippen molar-refractivity contribution in [2.75, 3.05) is 20.1 Å². The van der Waals surface area contributed by atoms with Crippen molar-refractivity contribution in [3.63, 3.8) is 0 Å². The van der Waals surface area contributed by atoms with Gasteiger partial charge in [-0.1, -0.05) is 18.2 Å². The molecule has 0 radical (unpaired) electrons. The minimum atomic E-state index is -0.194. The lowest BCUT2D eigenvalue weighted by molar-refractivity contribution is 0.189. The third-order valence-electron chi connectivity index (χ3n) is 4.19. The first-order valence-corrected chi connectivity index (χ1v) is 7.82. The van der Waals surface area contributed by atoms with Gasteiger partial charge in [0.2, 0.25) is 0 Å². The third-order valence-corrected chi connectivity index (χ3v) is 4.19. The van der Waals surface area contributed by atoms with Crippen LogP contribution in [0.4, 0.5) is 0 Å². The van der Waals surface area contributed by atoms with E-state index in [1.165, 1.54) is 5.56 Å². The second-order valence-corrected chi connectivity index (χ2v) is 6.21. The fraction of sp³-hybridized carbons (Fsp3) is 0.471. The van der Waals surface area contributed by atoms with Gasteiger partial charge in [0.25, 0.3) is 0 Å². The summed E-state index contributed by atoms with van der Waals surface area (Å²) in [6.07, 6.45) is 2.76. The molecule has 2 atom stereocenters. The number of aliphatic hydroxyl groups is 1. The van der Waals surface area contributed by atoms with Crippen LogP contribution in [0.25, 0.3) is 5.69 Å². The van der Waals surface area contributed by atoms with Crippen LogP contribution < -0.4 is 5.32 Å². The van der Waals surface area contributed by atoms with Gasteiger partial charge in [0, 0.05) is 37.4 Å². The van der Waals surface area contributed by atoms with Crippen molar-refractivity contribution in [2.24, 2.45) is 0 Å². The maximum absolute atomic E-state index is 9.58. The molecule has 1 aliphatic rings. The molecule has 2 N–H and O–H groups in total. The number of β-amino-alcohol motifs (C(OH)–C–C–N with tert-alkyl or cyclic N) is 1. The molecule has 1 fully saturated rings. The normalized spacial score (nSPS) is 21.6. The number of likely N-dealkylation sites (N-methyl/N-ethyl adjacent to an activating group) is 1. The quantitative estimate of drug-likeness (QED) is 0.875. The van der Waals surface area contributed by atoms with Crippen LogP contribution in [0.2, 0.25) is 0 Å². The summed E-state index contributed by atoms with van der Waals surface area (Å²) in [7, 11) is 2.12. The lowest BCUT2D eigenvalue weighted by Gasteiger charge is -2.20. The molecule has 0 saturated carbocycles. The lowest BCUT2D eigenvalue weighted by atomic mass is 10.2. The van der Waals surface area contributed by atoms with E-state index in [0.29, 0.717) is 12.6 Å². The summed E-state index contributed by atoms with van der Waals surface area (Å²) in [5.74, 6) is 0. The number of aromatic nitrogens is 2. The van der Waals surface area contributed by atoms with E-state index in [2.05, 4.69) is 47.6 Å². The van der Waals surface area contributed by atoms with Crippen LogP contribution in [0.5, 0.6) is 0 Å². The van der Waals surface area contributed by atoms with Crippen LogP contribution in [-0.2, 0) is 6.54 Å². The molecule has 3 rings (SSSR count). The first-order valence-electron chi connectivity index (χ1n) is 7.82. The van der Waals surface area contributed by atoms with Crippen molar-refractivity contribution in [3.8, 4) is 5.69 Å². The fourth-order valence-electron chi connectivity index (χ4n) is 3.03. The van der Waals surface area contributed by atoms with Gasteiger partial charge in [-0.15, -0.1) is 0 Å². The number of rotatable bonds is 5. The third kappa shape index (κ3) is 3.55. The molecule has 0 spiro atoms. The minimum absolute atomic E-state index is 0.194. The molecule has 2 heterocycles. The highest BCUT2D eigenvalue weighted by Crippen LogP contribution is 2.14. The lowest BCUT2D eigenvalue weighted by Crippen LogP contribution is -2.35. The Labute approximate surface area is 131 Å². The van der Waals surface area contributed by atoms with Crippen LogP contribution in [0, 0.1) is 6.92 Å². The second-order valence-electron chi connectivity index (χ2n) is 6.21. The summed E-state index contributed by atoms with van der Waals surface area (Å²) < 4.78 is 1.94. The molecule has 0 bridgehead atoms. The van der Waals surface area contributed by atoms with Gasteiger partial charge >= 0.3 is 0 Å². The SMILES string of the molecule is Cc1nn(-c2ccccc2)cc1CN(C)C[C@@H]1C[C@@H](O)CN1. The molecule has 1 aliphatic heterocycles. The molecule has 118 valence electrons. The van der Waals surface area contributed by atoms with Crippen molar-refractivity contribution in [1.82, 2.24) is 20.0 Å². The first kappa shape index (κ1) is 15.2. The van der Waals surface area contributed by atoms with E-state index in [9.17, 15) is 5.11 Å². The van der Waals surface area contributed by atoms with Crippen LogP contribution in [0.1, 0.15) is 17.7 Å². The summed E-state index contributed by atoms with van der Waals surface area (Å²) in [6.45, 7) is 4.57. The van der Waals surface area contributed by atoms with Crippen molar-refractivity contribution < 1.29 is 5.11 Å². The number of benzene rings is 1. The number of para-hydroxylation sites is 1. The molecule has 1 aromatic carbocycles. The van der Waals surface area contributed by atoms with Crippen molar-refractivity contribution in [2.45, 2.75) is 32.0 Å². The summed E-state index contributed by atoms with van der Waals surface area (Å²) in [4.78, 5) is 2.29. The molecule has 0 unspecified atom stereocenters. The van der Waals surface area contributed by atoms with E-state index in [4.69, 9.17) is 0 Å². The predicted molar refractivity (Wildman–Crippen MR) is 87.0 cm³/mol. The molecule has 5 heteroatoms. The monoisotopic (exact) mass is 300 g/mol. The topological polar surface area (TPSA) is 53.3 Å². The van der Waals surface area contributed by atoms with Gasteiger partial charge < -0.3 is 15.3 Å². The molecule has 2 aromatic rings. The molecule has 0 aliphatic carbocycles. The molecule has 22 heavy (non-hydrogen) atoms. The summed E-state index contributed by atoms with van der Waals surface area (Å²) in [5, 5.41) is 17.5. The zero-order valence-electron chi connectivity index (χ0n) is 13.2.